The van der Waals surface area contributed by atoms with Crippen LogP contribution in [0.15, 0.2) is 42.5 Å². The molecule has 2 heterocycles. The Bertz CT molecular complexity index is 914. The predicted octanol–water partition coefficient (Wildman–Crippen LogP) is 3.40. The fourth-order valence-electron chi connectivity index (χ4n) is 3.40. The summed E-state index contributed by atoms with van der Waals surface area (Å²) in [7, 11) is 1.65. The summed E-state index contributed by atoms with van der Waals surface area (Å²) in [6, 6.07) is 14.0. The maximum absolute atomic E-state index is 12.4. The van der Waals surface area contributed by atoms with Crippen LogP contribution in [0.25, 0.3) is 11.0 Å². The van der Waals surface area contributed by atoms with Crippen molar-refractivity contribution in [3.63, 3.8) is 0 Å². The van der Waals surface area contributed by atoms with Gasteiger partial charge in [0.25, 0.3) is 0 Å². The Morgan fingerprint density at radius 3 is 2.80 bits per heavy atom. The minimum atomic E-state index is 0.124. The molecule has 3 aromatic rings. The van der Waals surface area contributed by atoms with Gasteiger partial charge in [-0.05, 0) is 42.3 Å². The molecule has 0 aliphatic carbocycles. The highest BCUT2D eigenvalue weighted by Crippen LogP contribution is 2.29. The number of nitrogens with zero attached hydrogens (tertiary/aromatic N) is 2. The Balaban J connectivity index is 1.50. The van der Waals surface area contributed by atoms with E-state index in [1.54, 1.807) is 7.11 Å². The van der Waals surface area contributed by atoms with Crippen LogP contribution in [0.4, 0.5) is 0 Å². The molecule has 1 aliphatic heterocycles. The summed E-state index contributed by atoms with van der Waals surface area (Å²) in [4.78, 5) is 22.4. The van der Waals surface area contributed by atoms with E-state index in [2.05, 4.69) is 29.0 Å². The van der Waals surface area contributed by atoms with Gasteiger partial charge in [0.05, 0.1) is 18.1 Å². The highest BCUT2D eigenvalue weighted by molar-refractivity contribution is 5.80. The number of nitrogens with one attached hydrogen (secondary N) is 1. The van der Waals surface area contributed by atoms with Crippen molar-refractivity contribution in [3.8, 4) is 5.75 Å². The van der Waals surface area contributed by atoms with Crippen molar-refractivity contribution in [2.24, 2.45) is 0 Å². The molecule has 1 unspecified atom stereocenters. The van der Waals surface area contributed by atoms with Gasteiger partial charge in [0.1, 0.15) is 11.6 Å². The minimum Gasteiger partial charge on any atom is -0.497 e. The summed E-state index contributed by atoms with van der Waals surface area (Å²) < 4.78 is 5.18. The molecule has 4 rings (SSSR count). The van der Waals surface area contributed by atoms with E-state index >= 15 is 0 Å². The number of carbonyl (C=O) groups is 1. The standard InChI is InChI=1S/C20H21N3O2/c1-13-3-8-17-18(9-13)22-20(21-17)15-10-19(24)23(12-15)11-14-4-6-16(25-2)7-5-14/h3-9,15H,10-12H2,1-2H3,(H,21,22). The lowest BCUT2D eigenvalue weighted by atomic mass is 10.1. The number of carbonyl (C=O) groups excluding carboxylic acids is 1. The van der Waals surface area contributed by atoms with Gasteiger partial charge in [0.2, 0.25) is 5.91 Å². The third-order valence-electron chi connectivity index (χ3n) is 4.79. The molecule has 2 aromatic carbocycles. The molecule has 1 fully saturated rings. The van der Waals surface area contributed by atoms with Crippen LogP contribution in [0, 0.1) is 6.92 Å². The number of aryl methyl sites for hydroxylation is 1. The lowest BCUT2D eigenvalue weighted by molar-refractivity contribution is -0.128. The van der Waals surface area contributed by atoms with Crippen molar-refractivity contribution in [2.45, 2.75) is 25.8 Å². The average Bonchev–Trinajstić information content (AvgIpc) is 3.19. The summed E-state index contributed by atoms with van der Waals surface area (Å²) in [5, 5.41) is 0. The fourth-order valence-corrected chi connectivity index (χ4v) is 3.40. The van der Waals surface area contributed by atoms with Crippen LogP contribution in [0.3, 0.4) is 0 Å². The second kappa shape index (κ2) is 6.24. The van der Waals surface area contributed by atoms with Crippen molar-refractivity contribution in [3.05, 3.63) is 59.4 Å². The highest BCUT2D eigenvalue weighted by atomic mass is 16.5. The molecule has 1 amide bonds. The molecule has 0 bridgehead atoms. The number of fused-ring (bicyclic) bond motifs is 1. The van der Waals surface area contributed by atoms with Gasteiger partial charge < -0.3 is 14.6 Å². The van der Waals surface area contributed by atoms with Gasteiger partial charge in [0.15, 0.2) is 0 Å². The third kappa shape index (κ3) is 3.09. The quantitative estimate of drug-likeness (QED) is 0.795. The van der Waals surface area contributed by atoms with Gasteiger partial charge in [0, 0.05) is 25.4 Å². The molecular weight excluding hydrogens is 314 g/mol. The van der Waals surface area contributed by atoms with Gasteiger partial charge in [-0.1, -0.05) is 18.2 Å². The van der Waals surface area contributed by atoms with Crippen LogP contribution in [-0.4, -0.2) is 34.4 Å². The Labute approximate surface area is 146 Å². The molecular formula is C20H21N3O2. The van der Waals surface area contributed by atoms with Crippen LogP contribution < -0.4 is 4.74 Å². The summed E-state index contributed by atoms with van der Waals surface area (Å²) in [6.45, 7) is 3.39. The molecule has 5 heteroatoms. The third-order valence-corrected chi connectivity index (χ3v) is 4.79. The lowest BCUT2D eigenvalue weighted by Crippen LogP contribution is -2.24. The number of imidazole rings is 1. The molecule has 1 N–H and O–H groups in total. The second-order valence-electron chi connectivity index (χ2n) is 6.67. The number of methoxy groups -OCH3 is 1. The average molecular weight is 335 g/mol. The number of likely N-dealkylation sites (tertiary alicyclic amines) is 1. The van der Waals surface area contributed by atoms with Crippen LogP contribution in [-0.2, 0) is 11.3 Å². The van der Waals surface area contributed by atoms with E-state index < -0.39 is 0 Å². The second-order valence-corrected chi connectivity index (χ2v) is 6.67. The Hall–Kier alpha value is -2.82. The van der Waals surface area contributed by atoms with Crippen molar-refractivity contribution in [1.29, 1.82) is 0 Å². The number of aromatic nitrogens is 2. The summed E-state index contributed by atoms with van der Waals surface area (Å²) in [5.41, 5.74) is 4.30. The number of ether oxygens (including phenoxy) is 1. The first kappa shape index (κ1) is 15.7. The molecule has 1 aliphatic rings. The normalized spacial score (nSPS) is 17.4. The number of hydrogen-bond donors (Lipinski definition) is 1. The molecule has 1 aromatic heterocycles. The summed E-state index contributed by atoms with van der Waals surface area (Å²) in [6.07, 6.45) is 0.509. The Morgan fingerprint density at radius 2 is 2.04 bits per heavy atom. The molecule has 1 atom stereocenters. The van der Waals surface area contributed by atoms with E-state index in [1.807, 2.05) is 35.2 Å². The van der Waals surface area contributed by atoms with Gasteiger partial charge in [-0.3, -0.25) is 4.79 Å². The largest absolute Gasteiger partial charge is 0.497 e. The smallest absolute Gasteiger partial charge is 0.223 e. The van der Waals surface area contributed by atoms with Gasteiger partial charge >= 0.3 is 0 Å². The van der Waals surface area contributed by atoms with Crippen molar-refractivity contribution in [2.75, 3.05) is 13.7 Å². The van der Waals surface area contributed by atoms with E-state index in [0.717, 1.165) is 28.2 Å². The van der Waals surface area contributed by atoms with Crippen LogP contribution in [0.2, 0.25) is 0 Å². The van der Waals surface area contributed by atoms with Crippen LogP contribution >= 0.6 is 0 Å². The summed E-state index contributed by atoms with van der Waals surface area (Å²) >= 11 is 0. The number of amides is 1. The van der Waals surface area contributed by atoms with Crippen LogP contribution in [0.1, 0.15) is 29.3 Å². The lowest BCUT2D eigenvalue weighted by Gasteiger charge is -2.16. The molecule has 128 valence electrons. The van der Waals surface area contributed by atoms with E-state index in [1.165, 1.54) is 5.56 Å². The van der Waals surface area contributed by atoms with Crippen molar-refractivity contribution >= 4 is 16.9 Å². The maximum atomic E-state index is 12.4. The number of rotatable bonds is 4. The maximum Gasteiger partial charge on any atom is 0.223 e. The zero-order valence-electron chi connectivity index (χ0n) is 14.5. The topological polar surface area (TPSA) is 58.2 Å². The van der Waals surface area contributed by atoms with Gasteiger partial charge in [-0.25, -0.2) is 4.98 Å². The minimum absolute atomic E-state index is 0.124. The number of aromatic amines is 1. The first-order valence-corrected chi connectivity index (χ1v) is 8.49. The molecule has 0 radical (unpaired) electrons. The Kier molecular flexibility index (Phi) is 3.92. The highest BCUT2D eigenvalue weighted by Gasteiger charge is 2.32. The molecule has 0 spiro atoms. The van der Waals surface area contributed by atoms with Gasteiger partial charge in [-0.2, -0.15) is 0 Å². The van der Waals surface area contributed by atoms with Crippen molar-refractivity contribution < 1.29 is 9.53 Å². The zero-order valence-corrected chi connectivity index (χ0v) is 14.5. The van der Waals surface area contributed by atoms with E-state index in [9.17, 15) is 4.79 Å². The molecule has 0 saturated carbocycles. The first-order chi connectivity index (χ1) is 12.1. The van der Waals surface area contributed by atoms with Crippen LogP contribution in [0.5, 0.6) is 5.75 Å². The zero-order chi connectivity index (χ0) is 17.4. The van der Waals surface area contributed by atoms with E-state index in [4.69, 9.17) is 4.74 Å². The Morgan fingerprint density at radius 1 is 1.24 bits per heavy atom. The monoisotopic (exact) mass is 335 g/mol. The van der Waals surface area contributed by atoms with Gasteiger partial charge in [-0.15, -0.1) is 0 Å². The van der Waals surface area contributed by atoms with Crippen molar-refractivity contribution in [1.82, 2.24) is 14.9 Å². The SMILES string of the molecule is COc1ccc(CN2CC(c3nc4ccc(C)cc4[nH]3)CC2=O)cc1. The van der Waals surface area contributed by atoms with E-state index in [0.29, 0.717) is 19.5 Å². The fraction of sp³-hybridized carbons (Fsp3) is 0.300. The summed E-state index contributed by atoms with van der Waals surface area (Å²) in [5.74, 6) is 2.04. The predicted molar refractivity (Wildman–Crippen MR) is 96.6 cm³/mol. The number of hydrogen-bond acceptors (Lipinski definition) is 3. The molecule has 25 heavy (non-hydrogen) atoms. The van der Waals surface area contributed by atoms with E-state index in [-0.39, 0.29) is 11.8 Å². The number of H-pyrrole nitrogens is 1. The first-order valence-electron chi connectivity index (χ1n) is 8.49. The number of benzene rings is 2. The molecule has 5 nitrogen and oxygen atoms in total. The molecule has 1 saturated heterocycles.